The van der Waals surface area contributed by atoms with Gasteiger partial charge >= 0.3 is 5.97 Å². The van der Waals surface area contributed by atoms with Crippen LogP contribution in [0.1, 0.15) is 48.2 Å². The number of amides is 4. The van der Waals surface area contributed by atoms with Gasteiger partial charge in [-0.15, -0.1) is 0 Å². The molecule has 1 aliphatic heterocycles. The molecule has 2 aromatic rings. The first-order chi connectivity index (χ1) is 16.7. The molecule has 0 atom stereocenters. The Balaban J connectivity index is 1.56. The van der Waals surface area contributed by atoms with Crippen LogP contribution < -0.4 is 10.6 Å². The Morgan fingerprint density at radius 3 is 2.40 bits per heavy atom. The van der Waals surface area contributed by atoms with Crippen molar-refractivity contribution in [2.45, 2.75) is 33.1 Å². The van der Waals surface area contributed by atoms with Crippen molar-refractivity contribution in [2.75, 3.05) is 17.2 Å². The van der Waals surface area contributed by atoms with Gasteiger partial charge in [-0.1, -0.05) is 31.2 Å². The van der Waals surface area contributed by atoms with E-state index in [-0.39, 0.29) is 47.7 Å². The highest BCUT2D eigenvalue weighted by atomic mass is 32.2. The number of aromatic carboxylic acids is 1. The maximum absolute atomic E-state index is 12.7. The number of carboxylic acids is 1. The van der Waals surface area contributed by atoms with Gasteiger partial charge in [0.05, 0.1) is 16.2 Å². The van der Waals surface area contributed by atoms with Gasteiger partial charge in [0.15, 0.2) is 0 Å². The summed E-state index contributed by atoms with van der Waals surface area (Å²) in [4.78, 5) is 61.4. The van der Waals surface area contributed by atoms with Crippen LogP contribution in [0.4, 0.5) is 16.2 Å². The van der Waals surface area contributed by atoms with Gasteiger partial charge in [0.1, 0.15) is 0 Å². The van der Waals surface area contributed by atoms with Gasteiger partial charge in [0.25, 0.3) is 11.1 Å². The van der Waals surface area contributed by atoms with Crippen molar-refractivity contribution >= 4 is 58.1 Å². The number of carboxylic acid groups (broad SMARTS) is 1. The minimum absolute atomic E-state index is 0.0371. The monoisotopic (exact) mass is 495 g/mol. The molecule has 1 aliphatic rings. The summed E-state index contributed by atoms with van der Waals surface area (Å²) >= 11 is 0.874. The van der Waals surface area contributed by atoms with Crippen LogP contribution in [0, 0.1) is 0 Å². The number of carbonyl (C=O) groups is 5. The Morgan fingerprint density at radius 2 is 1.77 bits per heavy atom. The molecule has 0 aliphatic carbocycles. The third-order valence-corrected chi connectivity index (χ3v) is 6.10. The maximum Gasteiger partial charge on any atom is 0.337 e. The smallest absolute Gasteiger partial charge is 0.337 e. The predicted molar refractivity (Wildman–Crippen MR) is 134 cm³/mol. The summed E-state index contributed by atoms with van der Waals surface area (Å²) in [6, 6.07) is 11.8. The van der Waals surface area contributed by atoms with E-state index in [1.54, 1.807) is 6.08 Å². The molecule has 0 aromatic heterocycles. The lowest BCUT2D eigenvalue weighted by molar-refractivity contribution is -0.123. The van der Waals surface area contributed by atoms with Gasteiger partial charge in [-0.3, -0.25) is 24.1 Å². The standard InChI is InChI=1S/C25H25N3O6S/c1-3-16-6-8-17(9-7-16)13-21-23(31)28(25(34)35-21)12-4-5-22(30)27-18-10-11-19(24(32)33)20(14-18)26-15(2)29/h6-11,13-14H,3-5,12H2,1-2H3,(H,26,29)(H,27,30)(H,32,33)/b21-13-. The number of aryl methyl sites for hydroxylation is 1. The molecule has 3 N–H and O–H groups in total. The third-order valence-electron chi connectivity index (χ3n) is 5.19. The van der Waals surface area contributed by atoms with Crippen LogP contribution in [-0.2, 0) is 20.8 Å². The van der Waals surface area contributed by atoms with E-state index in [9.17, 15) is 29.1 Å². The first-order valence-corrected chi connectivity index (χ1v) is 11.8. The third kappa shape index (κ3) is 6.80. The van der Waals surface area contributed by atoms with E-state index in [4.69, 9.17) is 0 Å². The minimum Gasteiger partial charge on any atom is -0.478 e. The Morgan fingerprint density at radius 1 is 1.06 bits per heavy atom. The van der Waals surface area contributed by atoms with Crippen LogP contribution in [0.25, 0.3) is 6.08 Å². The van der Waals surface area contributed by atoms with E-state index < -0.39 is 11.9 Å². The summed E-state index contributed by atoms with van der Waals surface area (Å²) < 4.78 is 0. The maximum atomic E-state index is 12.7. The molecule has 3 rings (SSSR count). The molecule has 0 bridgehead atoms. The Kier molecular flexibility index (Phi) is 8.43. The molecule has 4 amide bonds. The molecule has 182 valence electrons. The molecule has 0 saturated carbocycles. The van der Waals surface area contributed by atoms with E-state index in [1.165, 1.54) is 30.7 Å². The summed E-state index contributed by atoms with van der Waals surface area (Å²) in [6.07, 6.45) is 2.89. The highest BCUT2D eigenvalue weighted by Crippen LogP contribution is 2.32. The molecular weight excluding hydrogens is 470 g/mol. The van der Waals surface area contributed by atoms with Gasteiger partial charge in [-0.05, 0) is 60.0 Å². The van der Waals surface area contributed by atoms with Crippen LogP contribution in [0.2, 0.25) is 0 Å². The number of rotatable bonds is 9. The highest BCUT2D eigenvalue weighted by molar-refractivity contribution is 8.18. The zero-order chi connectivity index (χ0) is 25.5. The Bertz CT molecular complexity index is 1210. The molecule has 0 radical (unpaired) electrons. The fourth-order valence-corrected chi connectivity index (χ4v) is 4.28. The van der Waals surface area contributed by atoms with Crippen molar-refractivity contribution in [1.29, 1.82) is 0 Å². The average Bonchev–Trinajstić information content (AvgIpc) is 3.06. The molecule has 2 aromatic carbocycles. The van der Waals surface area contributed by atoms with Gasteiger partial charge < -0.3 is 15.7 Å². The molecule has 10 heteroatoms. The van der Waals surface area contributed by atoms with Crippen molar-refractivity contribution in [1.82, 2.24) is 4.90 Å². The van der Waals surface area contributed by atoms with Crippen LogP contribution in [-0.4, -0.2) is 45.5 Å². The molecule has 1 heterocycles. The topological polar surface area (TPSA) is 133 Å². The first kappa shape index (κ1) is 25.7. The second-order valence-electron chi connectivity index (χ2n) is 7.83. The van der Waals surface area contributed by atoms with Crippen molar-refractivity contribution < 1.29 is 29.1 Å². The van der Waals surface area contributed by atoms with Crippen molar-refractivity contribution in [3.63, 3.8) is 0 Å². The zero-order valence-corrected chi connectivity index (χ0v) is 20.1. The van der Waals surface area contributed by atoms with Gasteiger partial charge in [-0.2, -0.15) is 0 Å². The van der Waals surface area contributed by atoms with Crippen LogP contribution in [0.5, 0.6) is 0 Å². The normalized spacial score (nSPS) is 14.3. The van der Waals surface area contributed by atoms with E-state index in [1.807, 2.05) is 24.3 Å². The number of hydrogen-bond acceptors (Lipinski definition) is 6. The van der Waals surface area contributed by atoms with E-state index >= 15 is 0 Å². The lowest BCUT2D eigenvalue weighted by atomic mass is 10.1. The Hall–Kier alpha value is -3.92. The number of anilines is 2. The highest BCUT2D eigenvalue weighted by Gasteiger charge is 2.34. The van der Waals surface area contributed by atoms with Crippen molar-refractivity contribution in [3.05, 3.63) is 64.1 Å². The largest absolute Gasteiger partial charge is 0.478 e. The summed E-state index contributed by atoms with van der Waals surface area (Å²) in [5.74, 6) is -2.42. The minimum atomic E-state index is -1.21. The Labute approximate surface area is 206 Å². The number of benzene rings is 2. The summed E-state index contributed by atoms with van der Waals surface area (Å²) in [5, 5.41) is 13.9. The van der Waals surface area contributed by atoms with E-state index in [0.717, 1.165) is 28.6 Å². The van der Waals surface area contributed by atoms with Crippen molar-refractivity contribution in [3.8, 4) is 0 Å². The predicted octanol–water partition coefficient (Wildman–Crippen LogP) is 4.36. The lowest BCUT2D eigenvalue weighted by Gasteiger charge is -2.13. The number of thioether (sulfide) groups is 1. The quantitative estimate of drug-likeness (QED) is 0.440. The number of nitrogens with zero attached hydrogens (tertiary/aromatic N) is 1. The average molecular weight is 496 g/mol. The van der Waals surface area contributed by atoms with Crippen LogP contribution in [0.15, 0.2) is 47.4 Å². The fraction of sp³-hybridized carbons (Fsp3) is 0.240. The van der Waals surface area contributed by atoms with Gasteiger partial charge in [-0.25, -0.2) is 4.79 Å². The van der Waals surface area contributed by atoms with Crippen LogP contribution in [0.3, 0.4) is 0 Å². The molecule has 9 nitrogen and oxygen atoms in total. The second kappa shape index (κ2) is 11.5. The summed E-state index contributed by atoms with van der Waals surface area (Å²) in [6.45, 7) is 3.40. The van der Waals surface area contributed by atoms with E-state index in [0.29, 0.717) is 10.6 Å². The second-order valence-corrected chi connectivity index (χ2v) is 8.82. The fourth-order valence-electron chi connectivity index (χ4n) is 3.42. The first-order valence-electron chi connectivity index (χ1n) is 11.0. The number of hydrogen-bond donors (Lipinski definition) is 3. The summed E-state index contributed by atoms with van der Waals surface area (Å²) in [5.41, 5.74) is 2.29. The van der Waals surface area contributed by atoms with Gasteiger partial charge in [0.2, 0.25) is 11.8 Å². The number of carbonyl (C=O) groups excluding carboxylic acids is 4. The van der Waals surface area contributed by atoms with Crippen molar-refractivity contribution in [2.24, 2.45) is 0 Å². The molecule has 0 unspecified atom stereocenters. The summed E-state index contributed by atoms with van der Waals surface area (Å²) in [7, 11) is 0. The molecule has 1 saturated heterocycles. The lowest BCUT2D eigenvalue weighted by Crippen LogP contribution is -2.29. The molecule has 0 spiro atoms. The SMILES string of the molecule is CCc1ccc(/C=C2\SC(=O)N(CCCC(=O)Nc3ccc(C(=O)O)c(NC(C)=O)c3)C2=O)cc1. The molecule has 1 fully saturated rings. The number of imide groups is 1. The van der Waals surface area contributed by atoms with Gasteiger partial charge in [0, 0.05) is 25.6 Å². The van der Waals surface area contributed by atoms with Crippen LogP contribution >= 0.6 is 11.8 Å². The number of nitrogens with one attached hydrogen (secondary N) is 2. The molecule has 35 heavy (non-hydrogen) atoms. The molecular formula is C25H25N3O6S. The zero-order valence-electron chi connectivity index (χ0n) is 19.3. The van der Waals surface area contributed by atoms with E-state index in [2.05, 4.69) is 17.6 Å².